The molecule has 162 valence electrons. The molecule has 0 aliphatic carbocycles. The van der Waals surface area contributed by atoms with E-state index in [0.29, 0.717) is 28.2 Å². The highest BCUT2D eigenvalue weighted by atomic mass is 32.2. The molecular weight excluding hydrogens is 426 g/mol. The molecule has 8 nitrogen and oxygen atoms in total. The number of rotatable bonds is 8. The van der Waals surface area contributed by atoms with Crippen LogP contribution in [0.4, 0.5) is 5.69 Å². The molecule has 0 unspecified atom stereocenters. The van der Waals surface area contributed by atoms with Gasteiger partial charge in [0, 0.05) is 29.7 Å². The molecule has 0 fully saturated rings. The van der Waals surface area contributed by atoms with Crippen LogP contribution in [0, 0.1) is 0 Å². The zero-order chi connectivity index (χ0) is 22.3. The smallest absolute Gasteiger partial charge is 0.234 e. The van der Waals surface area contributed by atoms with E-state index in [1.54, 1.807) is 44.8 Å². The SMILES string of the molecule is COc1ccc(NC(=O)CSc2nnc(-c3cccnc3)n2-c2ccccc2)c(OC)c1. The third kappa shape index (κ3) is 4.73. The van der Waals surface area contributed by atoms with Gasteiger partial charge in [-0.3, -0.25) is 14.3 Å². The van der Waals surface area contributed by atoms with E-state index in [-0.39, 0.29) is 11.7 Å². The van der Waals surface area contributed by atoms with Crippen molar-refractivity contribution in [3.05, 3.63) is 73.1 Å². The predicted octanol–water partition coefficient (Wildman–Crippen LogP) is 4.08. The van der Waals surface area contributed by atoms with Crippen LogP contribution in [0.1, 0.15) is 0 Å². The van der Waals surface area contributed by atoms with Gasteiger partial charge < -0.3 is 14.8 Å². The average molecular weight is 448 g/mol. The summed E-state index contributed by atoms with van der Waals surface area (Å²) in [5.41, 5.74) is 2.30. The van der Waals surface area contributed by atoms with Crippen molar-refractivity contribution in [2.75, 3.05) is 25.3 Å². The fourth-order valence-corrected chi connectivity index (χ4v) is 3.83. The average Bonchev–Trinajstić information content (AvgIpc) is 3.28. The van der Waals surface area contributed by atoms with Crippen LogP contribution in [0.3, 0.4) is 0 Å². The van der Waals surface area contributed by atoms with Gasteiger partial charge in [0.2, 0.25) is 5.91 Å². The molecule has 0 aliphatic rings. The molecule has 9 heteroatoms. The van der Waals surface area contributed by atoms with Crippen LogP contribution in [0.2, 0.25) is 0 Å². The number of ether oxygens (including phenoxy) is 2. The van der Waals surface area contributed by atoms with Gasteiger partial charge in [0.15, 0.2) is 11.0 Å². The van der Waals surface area contributed by atoms with Crippen LogP contribution in [-0.4, -0.2) is 45.6 Å². The van der Waals surface area contributed by atoms with E-state index >= 15 is 0 Å². The quantitative estimate of drug-likeness (QED) is 0.407. The van der Waals surface area contributed by atoms with Crippen molar-refractivity contribution in [1.82, 2.24) is 19.7 Å². The van der Waals surface area contributed by atoms with E-state index < -0.39 is 0 Å². The first-order valence-electron chi connectivity index (χ1n) is 9.75. The number of hydrogen-bond acceptors (Lipinski definition) is 7. The fourth-order valence-electron chi connectivity index (χ4n) is 3.07. The molecule has 0 bridgehead atoms. The lowest BCUT2D eigenvalue weighted by molar-refractivity contribution is -0.113. The highest BCUT2D eigenvalue weighted by Gasteiger charge is 2.18. The maximum atomic E-state index is 12.6. The number of carbonyl (C=O) groups is 1. The Labute approximate surface area is 189 Å². The van der Waals surface area contributed by atoms with E-state index in [0.717, 1.165) is 11.3 Å². The van der Waals surface area contributed by atoms with Crippen molar-refractivity contribution < 1.29 is 14.3 Å². The molecule has 0 saturated carbocycles. The van der Waals surface area contributed by atoms with Gasteiger partial charge in [-0.25, -0.2) is 0 Å². The van der Waals surface area contributed by atoms with Crippen LogP contribution < -0.4 is 14.8 Å². The third-order valence-corrected chi connectivity index (χ3v) is 5.51. The minimum atomic E-state index is -0.191. The fraction of sp³-hybridized carbons (Fsp3) is 0.130. The van der Waals surface area contributed by atoms with Gasteiger partial charge in [0.05, 0.1) is 25.7 Å². The second-order valence-electron chi connectivity index (χ2n) is 6.62. The molecule has 0 aliphatic heterocycles. The zero-order valence-corrected chi connectivity index (χ0v) is 18.4. The number of methoxy groups -OCH3 is 2. The van der Waals surface area contributed by atoms with Gasteiger partial charge in [0.25, 0.3) is 0 Å². The topological polar surface area (TPSA) is 91.2 Å². The summed E-state index contributed by atoms with van der Waals surface area (Å²) in [5.74, 6) is 1.78. The van der Waals surface area contributed by atoms with Crippen LogP contribution in [-0.2, 0) is 4.79 Å². The number of para-hydroxylation sites is 1. The lowest BCUT2D eigenvalue weighted by atomic mass is 10.2. The van der Waals surface area contributed by atoms with Gasteiger partial charge in [0.1, 0.15) is 11.5 Å². The number of aromatic nitrogens is 4. The summed E-state index contributed by atoms with van der Waals surface area (Å²) < 4.78 is 12.5. The molecule has 0 spiro atoms. The molecule has 0 saturated heterocycles. The Bertz CT molecular complexity index is 1200. The summed E-state index contributed by atoms with van der Waals surface area (Å²) in [4.78, 5) is 16.8. The highest BCUT2D eigenvalue weighted by Crippen LogP contribution is 2.30. The summed E-state index contributed by atoms with van der Waals surface area (Å²) in [6.07, 6.45) is 3.45. The molecule has 4 aromatic rings. The Morgan fingerprint density at radius 2 is 1.88 bits per heavy atom. The van der Waals surface area contributed by atoms with E-state index in [1.807, 2.05) is 47.0 Å². The zero-order valence-electron chi connectivity index (χ0n) is 17.6. The van der Waals surface area contributed by atoms with Gasteiger partial charge >= 0.3 is 0 Å². The van der Waals surface area contributed by atoms with E-state index in [9.17, 15) is 4.79 Å². The number of nitrogens with one attached hydrogen (secondary N) is 1. The summed E-state index contributed by atoms with van der Waals surface area (Å²) in [6, 6.07) is 18.8. The lowest BCUT2D eigenvalue weighted by Gasteiger charge is -2.12. The molecule has 2 aromatic carbocycles. The minimum Gasteiger partial charge on any atom is -0.497 e. The summed E-state index contributed by atoms with van der Waals surface area (Å²) >= 11 is 1.30. The van der Waals surface area contributed by atoms with Gasteiger partial charge in [-0.15, -0.1) is 10.2 Å². The molecule has 2 aromatic heterocycles. The Morgan fingerprint density at radius 1 is 1.03 bits per heavy atom. The maximum absolute atomic E-state index is 12.6. The van der Waals surface area contributed by atoms with Crippen molar-refractivity contribution in [1.29, 1.82) is 0 Å². The van der Waals surface area contributed by atoms with Crippen LogP contribution in [0.15, 0.2) is 78.2 Å². The second kappa shape index (κ2) is 9.97. The normalized spacial score (nSPS) is 10.6. The van der Waals surface area contributed by atoms with E-state index in [2.05, 4.69) is 20.5 Å². The number of thioether (sulfide) groups is 1. The van der Waals surface area contributed by atoms with Crippen molar-refractivity contribution >= 4 is 23.4 Å². The number of hydrogen-bond donors (Lipinski definition) is 1. The standard InChI is InChI=1S/C23H21N5O3S/c1-30-18-10-11-19(20(13-18)31-2)25-21(29)15-32-23-27-26-22(16-7-6-12-24-14-16)28(23)17-8-4-3-5-9-17/h3-14H,15H2,1-2H3,(H,25,29). The Kier molecular flexibility index (Phi) is 6.66. The highest BCUT2D eigenvalue weighted by molar-refractivity contribution is 7.99. The Morgan fingerprint density at radius 3 is 2.59 bits per heavy atom. The second-order valence-corrected chi connectivity index (χ2v) is 7.56. The van der Waals surface area contributed by atoms with Crippen molar-refractivity contribution in [2.45, 2.75) is 5.16 Å². The largest absolute Gasteiger partial charge is 0.497 e. The summed E-state index contributed by atoms with van der Waals surface area (Å²) in [6.45, 7) is 0. The molecule has 1 amide bonds. The lowest BCUT2D eigenvalue weighted by Crippen LogP contribution is -2.15. The Hall–Kier alpha value is -3.85. The van der Waals surface area contributed by atoms with Crippen molar-refractivity contribution in [3.63, 3.8) is 0 Å². The number of pyridine rings is 1. The molecule has 32 heavy (non-hydrogen) atoms. The first-order chi connectivity index (χ1) is 15.7. The van der Waals surface area contributed by atoms with Gasteiger partial charge in [-0.05, 0) is 36.4 Å². The maximum Gasteiger partial charge on any atom is 0.234 e. The number of carbonyl (C=O) groups excluding carboxylic acids is 1. The van der Waals surface area contributed by atoms with E-state index in [1.165, 1.54) is 11.8 Å². The van der Waals surface area contributed by atoms with Gasteiger partial charge in [-0.2, -0.15) is 0 Å². The predicted molar refractivity (Wildman–Crippen MR) is 123 cm³/mol. The van der Waals surface area contributed by atoms with Crippen LogP contribution >= 0.6 is 11.8 Å². The first-order valence-corrected chi connectivity index (χ1v) is 10.7. The summed E-state index contributed by atoms with van der Waals surface area (Å²) in [7, 11) is 3.12. The van der Waals surface area contributed by atoms with Crippen molar-refractivity contribution in [3.8, 4) is 28.6 Å². The van der Waals surface area contributed by atoms with Crippen molar-refractivity contribution in [2.24, 2.45) is 0 Å². The first kappa shape index (κ1) is 21.4. The molecule has 4 rings (SSSR count). The minimum absolute atomic E-state index is 0.146. The number of amides is 1. The summed E-state index contributed by atoms with van der Waals surface area (Å²) in [5, 5.41) is 12.2. The van der Waals surface area contributed by atoms with E-state index in [4.69, 9.17) is 9.47 Å². The number of nitrogens with zero attached hydrogens (tertiary/aromatic N) is 4. The van der Waals surface area contributed by atoms with Gasteiger partial charge in [-0.1, -0.05) is 30.0 Å². The number of anilines is 1. The molecule has 0 atom stereocenters. The Balaban J connectivity index is 1.55. The van der Waals surface area contributed by atoms with Crippen LogP contribution in [0.25, 0.3) is 17.1 Å². The molecular formula is C23H21N5O3S. The number of benzene rings is 2. The monoisotopic (exact) mass is 447 g/mol. The molecule has 1 N–H and O–H groups in total. The third-order valence-electron chi connectivity index (χ3n) is 4.58. The molecule has 2 heterocycles. The molecule has 0 radical (unpaired) electrons. The van der Waals surface area contributed by atoms with Crippen LogP contribution in [0.5, 0.6) is 11.5 Å².